The second kappa shape index (κ2) is 9.93. The van der Waals surface area contributed by atoms with Crippen LogP contribution in [0.15, 0.2) is 49.2 Å². The van der Waals surface area contributed by atoms with Gasteiger partial charge in [0.15, 0.2) is 6.10 Å². The number of aromatic nitrogens is 2. The molecule has 0 unspecified atom stereocenters. The lowest BCUT2D eigenvalue weighted by Crippen LogP contribution is -2.25. The summed E-state index contributed by atoms with van der Waals surface area (Å²) in [4.78, 5) is 29.4. The SMILES string of the molecule is CCc1nc2ccc(Br)cc2c(=O)n1N=Cc1cc(Cl)cc(Br)c1O[C@@H](C)C(=O)OC. The highest BCUT2D eigenvalue weighted by Gasteiger charge is 2.19. The molecule has 0 aliphatic rings. The van der Waals surface area contributed by atoms with E-state index in [-0.39, 0.29) is 5.56 Å². The summed E-state index contributed by atoms with van der Waals surface area (Å²) in [5, 5.41) is 5.23. The van der Waals surface area contributed by atoms with Gasteiger partial charge in [-0.2, -0.15) is 9.78 Å². The third kappa shape index (κ3) is 5.16. The zero-order chi connectivity index (χ0) is 22.7. The first-order chi connectivity index (χ1) is 14.7. The van der Waals surface area contributed by atoms with Crippen LogP contribution in [0.2, 0.25) is 5.02 Å². The van der Waals surface area contributed by atoms with E-state index in [9.17, 15) is 9.59 Å². The maximum Gasteiger partial charge on any atom is 0.346 e. The number of esters is 1. The van der Waals surface area contributed by atoms with Crippen molar-refractivity contribution in [3.63, 3.8) is 0 Å². The number of methoxy groups -OCH3 is 1. The maximum absolute atomic E-state index is 13.1. The van der Waals surface area contributed by atoms with E-state index in [1.54, 1.807) is 31.2 Å². The van der Waals surface area contributed by atoms with Gasteiger partial charge in [0.1, 0.15) is 11.6 Å². The fraction of sp³-hybridized carbons (Fsp3) is 0.238. The Hall–Kier alpha value is -2.23. The molecule has 0 bridgehead atoms. The quantitative estimate of drug-likeness (QED) is 0.309. The van der Waals surface area contributed by atoms with Gasteiger partial charge in [-0.25, -0.2) is 9.78 Å². The van der Waals surface area contributed by atoms with Crippen LogP contribution in [-0.2, 0) is 16.0 Å². The van der Waals surface area contributed by atoms with Crippen LogP contribution < -0.4 is 10.3 Å². The first kappa shape index (κ1) is 23.4. The molecule has 1 aromatic heterocycles. The molecule has 0 saturated carbocycles. The van der Waals surface area contributed by atoms with Crippen molar-refractivity contribution < 1.29 is 14.3 Å². The Bertz CT molecular complexity index is 1240. The summed E-state index contributed by atoms with van der Waals surface area (Å²) in [6.45, 7) is 3.46. The van der Waals surface area contributed by atoms with Crippen molar-refractivity contribution >= 4 is 66.5 Å². The maximum atomic E-state index is 13.1. The van der Waals surface area contributed by atoms with Gasteiger partial charge in [0.05, 0.1) is 28.7 Å². The molecule has 0 aliphatic carbocycles. The van der Waals surface area contributed by atoms with Gasteiger partial charge >= 0.3 is 5.97 Å². The van der Waals surface area contributed by atoms with Crippen LogP contribution in [0.25, 0.3) is 10.9 Å². The first-order valence-corrected chi connectivity index (χ1v) is 11.2. The predicted octanol–water partition coefficient (Wildman–Crippen LogP) is 4.96. The molecular formula is C21H18Br2ClN3O4. The van der Waals surface area contributed by atoms with E-state index in [0.717, 1.165) is 4.47 Å². The molecule has 1 heterocycles. The molecule has 3 aromatic rings. The Labute approximate surface area is 200 Å². The van der Waals surface area contributed by atoms with Crippen LogP contribution in [-0.4, -0.2) is 35.1 Å². The number of hydrogen-bond acceptors (Lipinski definition) is 6. The van der Waals surface area contributed by atoms with Crippen molar-refractivity contribution in [3.8, 4) is 5.75 Å². The summed E-state index contributed by atoms with van der Waals surface area (Å²) in [6.07, 6.45) is 1.09. The molecule has 1 atom stereocenters. The molecule has 31 heavy (non-hydrogen) atoms. The minimum atomic E-state index is -0.858. The van der Waals surface area contributed by atoms with Crippen molar-refractivity contribution in [2.24, 2.45) is 5.10 Å². The monoisotopic (exact) mass is 569 g/mol. The largest absolute Gasteiger partial charge is 0.477 e. The molecule has 162 valence electrons. The number of nitrogens with zero attached hydrogens (tertiary/aromatic N) is 3. The Morgan fingerprint density at radius 1 is 1.32 bits per heavy atom. The lowest BCUT2D eigenvalue weighted by atomic mass is 10.2. The Morgan fingerprint density at radius 2 is 2.06 bits per heavy atom. The van der Waals surface area contributed by atoms with Gasteiger partial charge in [0.2, 0.25) is 0 Å². The highest BCUT2D eigenvalue weighted by atomic mass is 79.9. The van der Waals surface area contributed by atoms with Crippen molar-refractivity contribution in [2.75, 3.05) is 7.11 Å². The van der Waals surface area contributed by atoms with Gasteiger partial charge < -0.3 is 9.47 Å². The Balaban J connectivity index is 2.11. The molecule has 10 heteroatoms. The molecule has 0 saturated heterocycles. The normalized spacial score (nSPS) is 12.3. The van der Waals surface area contributed by atoms with Crippen molar-refractivity contribution in [2.45, 2.75) is 26.4 Å². The molecule has 0 radical (unpaired) electrons. The number of ether oxygens (including phenoxy) is 2. The molecule has 3 rings (SSSR count). The lowest BCUT2D eigenvalue weighted by molar-refractivity contribution is -0.147. The van der Waals surface area contributed by atoms with Crippen LogP contribution in [0, 0.1) is 0 Å². The highest BCUT2D eigenvalue weighted by molar-refractivity contribution is 9.10. The fourth-order valence-corrected chi connectivity index (χ4v) is 4.14. The van der Waals surface area contributed by atoms with Crippen molar-refractivity contribution in [3.05, 3.63) is 66.0 Å². The van der Waals surface area contributed by atoms with Gasteiger partial charge in [-0.15, -0.1) is 0 Å². The van der Waals surface area contributed by atoms with E-state index in [1.807, 2.05) is 13.0 Å². The average Bonchev–Trinajstić information content (AvgIpc) is 2.74. The summed E-state index contributed by atoms with van der Waals surface area (Å²) in [5.41, 5.74) is 0.766. The fourth-order valence-electron chi connectivity index (χ4n) is 2.85. The minimum absolute atomic E-state index is 0.300. The predicted molar refractivity (Wildman–Crippen MR) is 127 cm³/mol. The highest BCUT2D eigenvalue weighted by Crippen LogP contribution is 2.33. The standard InChI is InChI=1S/C21H18Br2ClN3O4/c1-4-18-26-17-6-5-13(22)8-15(17)20(28)27(18)25-10-12-7-14(24)9-16(23)19(12)31-11(2)21(29)30-3/h5-11H,4H2,1-3H3/t11-/m0/s1. The van der Waals surface area contributed by atoms with Crippen LogP contribution in [0.3, 0.4) is 0 Å². The van der Waals surface area contributed by atoms with Crippen LogP contribution in [0.1, 0.15) is 25.2 Å². The third-order valence-electron chi connectivity index (χ3n) is 4.37. The number of fused-ring (bicyclic) bond motifs is 1. The summed E-state index contributed by atoms with van der Waals surface area (Å²) in [7, 11) is 1.28. The van der Waals surface area contributed by atoms with E-state index in [1.165, 1.54) is 18.0 Å². The van der Waals surface area contributed by atoms with Crippen LogP contribution in [0.5, 0.6) is 5.75 Å². The topological polar surface area (TPSA) is 82.8 Å². The van der Waals surface area contributed by atoms with Crippen molar-refractivity contribution in [1.82, 2.24) is 9.66 Å². The molecular weight excluding hydrogens is 554 g/mol. The van der Waals surface area contributed by atoms with E-state index in [4.69, 9.17) is 21.1 Å². The number of benzene rings is 2. The number of rotatable bonds is 6. The van der Waals surface area contributed by atoms with Gasteiger partial charge in [-0.05, 0) is 53.2 Å². The summed E-state index contributed by atoms with van der Waals surface area (Å²) < 4.78 is 13.0. The zero-order valence-electron chi connectivity index (χ0n) is 16.9. The number of hydrogen-bond donors (Lipinski definition) is 0. The van der Waals surface area contributed by atoms with E-state index in [2.05, 4.69) is 41.9 Å². The molecule has 0 aliphatic heterocycles. The van der Waals surface area contributed by atoms with Gasteiger partial charge in [-0.3, -0.25) is 4.79 Å². The van der Waals surface area contributed by atoms with Gasteiger partial charge in [0, 0.05) is 21.5 Å². The summed E-state index contributed by atoms with van der Waals surface area (Å²) in [6, 6.07) is 8.58. The molecule has 7 nitrogen and oxygen atoms in total. The van der Waals surface area contributed by atoms with Crippen LogP contribution >= 0.6 is 43.5 Å². The van der Waals surface area contributed by atoms with E-state index >= 15 is 0 Å². The second-order valence-electron chi connectivity index (χ2n) is 6.49. The molecule has 0 N–H and O–H groups in total. The van der Waals surface area contributed by atoms with E-state index < -0.39 is 12.1 Å². The number of carbonyl (C=O) groups excluding carboxylic acids is 1. The lowest BCUT2D eigenvalue weighted by Gasteiger charge is -2.16. The number of aryl methyl sites for hydroxylation is 1. The zero-order valence-corrected chi connectivity index (χ0v) is 20.8. The molecule has 0 fully saturated rings. The average molecular weight is 572 g/mol. The summed E-state index contributed by atoms with van der Waals surface area (Å²) in [5.74, 6) is 0.315. The van der Waals surface area contributed by atoms with Gasteiger partial charge in [-0.1, -0.05) is 34.5 Å². The number of halogens is 3. The first-order valence-electron chi connectivity index (χ1n) is 9.24. The minimum Gasteiger partial charge on any atom is -0.477 e. The molecule has 0 spiro atoms. The Kier molecular flexibility index (Phi) is 7.51. The second-order valence-corrected chi connectivity index (χ2v) is 8.70. The Morgan fingerprint density at radius 3 is 2.74 bits per heavy atom. The van der Waals surface area contributed by atoms with E-state index in [0.29, 0.717) is 44.0 Å². The molecule has 0 amide bonds. The van der Waals surface area contributed by atoms with Gasteiger partial charge in [0.25, 0.3) is 5.56 Å². The third-order valence-corrected chi connectivity index (χ3v) is 5.67. The number of carbonyl (C=O) groups is 1. The molecule has 2 aromatic carbocycles. The van der Waals surface area contributed by atoms with Crippen molar-refractivity contribution in [1.29, 1.82) is 0 Å². The van der Waals surface area contributed by atoms with Crippen LogP contribution in [0.4, 0.5) is 0 Å². The summed E-state index contributed by atoms with van der Waals surface area (Å²) >= 11 is 13.0. The smallest absolute Gasteiger partial charge is 0.346 e.